The highest BCUT2D eigenvalue weighted by molar-refractivity contribution is 9.11. The van der Waals surface area contributed by atoms with Crippen LogP contribution >= 0.6 is 31.9 Å². The van der Waals surface area contributed by atoms with Gasteiger partial charge in [-0.05, 0) is 75.9 Å². The number of hydrogen-bond donors (Lipinski definition) is 1. The maximum Gasteiger partial charge on any atom is 0.316 e. The minimum atomic E-state index is -0.827. The molecule has 132 valence electrons. The zero-order chi connectivity index (χ0) is 18.6. The van der Waals surface area contributed by atoms with Crippen LogP contribution in [0.5, 0.6) is 0 Å². The Bertz CT molecular complexity index is 766. The fourth-order valence-electron chi connectivity index (χ4n) is 2.28. The summed E-state index contributed by atoms with van der Waals surface area (Å²) >= 11 is 6.83. The molecule has 25 heavy (non-hydrogen) atoms. The summed E-state index contributed by atoms with van der Waals surface area (Å²) in [7, 11) is 0. The van der Waals surface area contributed by atoms with Crippen molar-refractivity contribution in [3.05, 3.63) is 62.5 Å². The first-order valence-corrected chi connectivity index (χ1v) is 9.28. The SMILES string of the molecule is Cc1cc(Br)c(NC(=O)COC(=O)C(C)(C)c2ccccc2)c(Br)c1. The van der Waals surface area contributed by atoms with Crippen molar-refractivity contribution in [1.82, 2.24) is 0 Å². The number of esters is 1. The van der Waals surface area contributed by atoms with Gasteiger partial charge in [0.25, 0.3) is 5.91 Å². The molecule has 0 fully saturated rings. The lowest BCUT2D eigenvalue weighted by molar-refractivity contribution is -0.152. The molecule has 2 aromatic rings. The quantitative estimate of drug-likeness (QED) is 0.629. The predicted molar refractivity (Wildman–Crippen MR) is 106 cm³/mol. The number of carbonyl (C=O) groups excluding carboxylic acids is 2. The number of rotatable bonds is 5. The van der Waals surface area contributed by atoms with Crippen LogP contribution in [0, 0.1) is 6.92 Å². The minimum absolute atomic E-state index is 0.345. The third kappa shape index (κ3) is 4.92. The van der Waals surface area contributed by atoms with Gasteiger partial charge in [0.1, 0.15) is 0 Å². The fourth-order valence-corrected chi connectivity index (χ4v) is 3.89. The van der Waals surface area contributed by atoms with Gasteiger partial charge in [-0.2, -0.15) is 0 Å². The summed E-state index contributed by atoms with van der Waals surface area (Å²) in [6, 6.07) is 13.1. The number of nitrogens with one attached hydrogen (secondary N) is 1. The van der Waals surface area contributed by atoms with Crippen LogP contribution in [-0.2, 0) is 19.7 Å². The molecular formula is C19H19Br2NO3. The third-order valence-electron chi connectivity index (χ3n) is 3.79. The van der Waals surface area contributed by atoms with E-state index in [0.29, 0.717) is 5.69 Å². The molecule has 1 amide bonds. The molecule has 6 heteroatoms. The summed E-state index contributed by atoms with van der Waals surface area (Å²) in [6.45, 7) is 5.15. The van der Waals surface area contributed by atoms with Crippen LogP contribution in [0.25, 0.3) is 0 Å². The van der Waals surface area contributed by atoms with Gasteiger partial charge in [-0.1, -0.05) is 30.3 Å². The summed E-state index contributed by atoms with van der Waals surface area (Å²) in [5.41, 5.74) is 1.67. The normalized spacial score (nSPS) is 11.1. The van der Waals surface area contributed by atoms with Crippen molar-refractivity contribution in [2.24, 2.45) is 0 Å². The standard InChI is InChI=1S/C19H19Br2NO3/c1-12-9-14(20)17(15(21)10-12)22-16(23)11-25-18(24)19(2,3)13-7-5-4-6-8-13/h4-10H,11H2,1-3H3,(H,22,23). The highest BCUT2D eigenvalue weighted by atomic mass is 79.9. The van der Waals surface area contributed by atoms with Crippen LogP contribution < -0.4 is 5.32 Å². The lowest BCUT2D eigenvalue weighted by Gasteiger charge is -2.23. The van der Waals surface area contributed by atoms with Crippen molar-refractivity contribution < 1.29 is 14.3 Å². The maximum atomic E-state index is 12.4. The third-order valence-corrected chi connectivity index (χ3v) is 5.04. The number of aryl methyl sites for hydroxylation is 1. The van der Waals surface area contributed by atoms with Crippen molar-refractivity contribution in [1.29, 1.82) is 0 Å². The smallest absolute Gasteiger partial charge is 0.316 e. The lowest BCUT2D eigenvalue weighted by atomic mass is 9.85. The molecule has 0 spiro atoms. The number of amides is 1. The summed E-state index contributed by atoms with van der Waals surface area (Å²) < 4.78 is 6.72. The second kappa shape index (κ2) is 8.15. The molecule has 0 bridgehead atoms. The molecule has 0 aliphatic carbocycles. The Morgan fingerprint density at radius 3 is 2.20 bits per heavy atom. The number of anilines is 1. The molecule has 1 N–H and O–H groups in total. The van der Waals surface area contributed by atoms with E-state index in [1.807, 2.05) is 49.4 Å². The van der Waals surface area contributed by atoms with E-state index < -0.39 is 17.3 Å². The van der Waals surface area contributed by atoms with E-state index in [0.717, 1.165) is 20.1 Å². The van der Waals surface area contributed by atoms with E-state index >= 15 is 0 Å². The molecule has 0 aliphatic rings. The van der Waals surface area contributed by atoms with Crippen molar-refractivity contribution in [3.63, 3.8) is 0 Å². The largest absolute Gasteiger partial charge is 0.455 e. The van der Waals surface area contributed by atoms with Crippen LogP contribution in [0.4, 0.5) is 5.69 Å². The van der Waals surface area contributed by atoms with Crippen LogP contribution in [0.1, 0.15) is 25.0 Å². The Morgan fingerprint density at radius 1 is 1.08 bits per heavy atom. The molecule has 2 rings (SSSR count). The van der Waals surface area contributed by atoms with Gasteiger partial charge in [0.05, 0.1) is 11.1 Å². The molecule has 0 atom stereocenters. The van der Waals surface area contributed by atoms with Crippen molar-refractivity contribution in [3.8, 4) is 0 Å². The maximum absolute atomic E-state index is 12.4. The number of benzene rings is 2. The number of ether oxygens (including phenoxy) is 1. The van der Waals surface area contributed by atoms with E-state index in [2.05, 4.69) is 37.2 Å². The first-order chi connectivity index (χ1) is 11.7. The summed E-state index contributed by atoms with van der Waals surface area (Å²) in [5, 5.41) is 2.74. The zero-order valence-corrected chi connectivity index (χ0v) is 17.4. The zero-order valence-electron chi connectivity index (χ0n) is 14.2. The highest BCUT2D eigenvalue weighted by Crippen LogP contribution is 2.32. The Balaban J connectivity index is 1.99. The van der Waals surface area contributed by atoms with Crippen molar-refractivity contribution in [2.45, 2.75) is 26.2 Å². The molecule has 0 saturated heterocycles. The molecule has 2 aromatic carbocycles. The van der Waals surface area contributed by atoms with Gasteiger partial charge in [0, 0.05) is 8.95 Å². The Hall–Kier alpha value is -1.66. The van der Waals surface area contributed by atoms with Gasteiger partial charge in [-0.3, -0.25) is 9.59 Å². The first-order valence-electron chi connectivity index (χ1n) is 7.70. The Kier molecular flexibility index (Phi) is 6.41. The second-order valence-corrected chi connectivity index (χ2v) is 7.93. The fraction of sp³-hybridized carbons (Fsp3) is 0.263. The van der Waals surface area contributed by atoms with E-state index in [1.165, 1.54) is 0 Å². The molecule has 0 saturated carbocycles. The van der Waals surface area contributed by atoms with Crippen LogP contribution in [0.3, 0.4) is 0 Å². The number of hydrogen-bond acceptors (Lipinski definition) is 3. The predicted octanol–water partition coefficient (Wildman–Crippen LogP) is 4.98. The molecule has 0 radical (unpaired) electrons. The summed E-state index contributed by atoms with van der Waals surface area (Å²) in [6.07, 6.45) is 0. The van der Waals surface area contributed by atoms with Crippen molar-refractivity contribution in [2.75, 3.05) is 11.9 Å². The lowest BCUT2D eigenvalue weighted by Crippen LogP contribution is -2.33. The van der Waals surface area contributed by atoms with Gasteiger partial charge in [0.2, 0.25) is 0 Å². The van der Waals surface area contributed by atoms with Gasteiger partial charge in [-0.25, -0.2) is 0 Å². The number of halogens is 2. The van der Waals surface area contributed by atoms with Crippen LogP contribution in [0.15, 0.2) is 51.4 Å². The van der Waals surface area contributed by atoms with Gasteiger partial charge in [0.15, 0.2) is 6.61 Å². The topological polar surface area (TPSA) is 55.4 Å². The highest BCUT2D eigenvalue weighted by Gasteiger charge is 2.31. The molecule has 0 heterocycles. The van der Waals surface area contributed by atoms with E-state index in [4.69, 9.17) is 4.74 Å². The van der Waals surface area contributed by atoms with E-state index in [1.54, 1.807) is 13.8 Å². The average molecular weight is 469 g/mol. The van der Waals surface area contributed by atoms with Gasteiger partial charge in [-0.15, -0.1) is 0 Å². The monoisotopic (exact) mass is 467 g/mol. The van der Waals surface area contributed by atoms with Crippen molar-refractivity contribution >= 4 is 49.4 Å². The second-order valence-electron chi connectivity index (χ2n) is 6.22. The molecule has 0 aromatic heterocycles. The molecule has 0 unspecified atom stereocenters. The van der Waals surface area contributed by atoms with E-state index in [-0.39, 0.29) is 6.61 Å². The first kappa shape index (κ1) is 19.7. The Labute approximate surface area is 164 Å². The summed E-state index contributed by atoms with van der Waals surface area (Å²) in [5.74, 6) is -0.849. The molecule has 0 aliphatic heterocycles. The summed E-state index contributed by atoms with van der Waals surface area (Å²) in [4.78, 5) is 24.5. The molecule has 4 nitrogen and oxygen atoms in total. The Morgan fingerprint density at radius 2 is 1.64 bits per heavy atom. The van der Waals surface area contributed by atoms with Gasteiger partial charge >= 0.3 is 5.97 Å². The molecular weight excluding hydrogens is 450 g/mol. The van der Waals surface area contributed by atoms with E-state index in [9.17, 15) is 9.59 Å². The van der Waals surface area contributed by atoms with Crippen LogP contribution in [0.2, 0.25) is 0 Å². The average Bonchev–Trinajstić information content (AvgIpc) is 2.56. The minimum Gasteiger partial charge on any atom is -0.455 e. The number of carbonyl (C=O) groups is 2. The van der Waals surface area contributed by atoms with Gasteiger partial charge < -0.3 is 10.1 Å². The van der Waals surface area contributed by atoms with Crippen LogP contribution in [-0.4, -0.2) is 18.5 Å².